The van der Waals surface area contributed by atoms with Crippen molar-refractivity contribution in [1.82, 2.24) is 15.0 Å². The summed E-state index contributed by atoms with van der Waals surface area (Å²) < 4.78 is 13.0. The van der Waals surface area contributed by atoms with Gasteiger partial charge in [0.1, 0.15) is 17.1 Å². The Balaban J connectivity index is 1.95. The Morgan fingerprint density at radius 2 is 1.59 bits per heavy atom. The van der Waals surface area contributed by atoms with Crippen LogP contribution < -0.4 is 0 Å². The van der Waals surface area contributed by atoms with Crippen molar-refractivity contribution in [3.63, 3.8) is 0 Å². The lowest BCUT2D eigenvalue weighted by Gasteiger charge is -2.24. The van der Waals surface area contributed by atoms with E-state index in [1.807, 2.05) is 0 Å². The van der Waals surface area contributed by atoms with Gasteiger partial charge in [0, 0.05) is 5.56 Å². The van der Waals surface area contributed by atoms with Gasteiger partial charge in [-0.2, -0.15) is 15.0 Å². The average molecular weight is 295 g/mol. The van der Waals surface area contributed by atoms with E-state index >= 15 is 0 Å². The maximum absolute atomic E-state index is 13.0. The van der Waals surface area contributed by atoms with Crippen molar-refractivity contribution in [3.05, 3.63) is 71.7 Å². The lowest BCUT2D eigenvalue weighted by Crippen LogP contribution is -2.30. The van der Waals surface area contributed by atoms with Gasteiger partial charge >= 0.3 is 0 Å². The first-order chi connectivity index (χ1) is 10.5. The van der Waals surface area contributed by atoms with Gasteiger partial charge in [-0.15, -0.1) is 0 Å². The molecule has 0 unspecified atom stereocenters. The molecule has 0 N–H and O–H groups in total. The summed E-state index contributed by atoms with van der Waals surface area (Å²) >= 11 is 0. The molecule has 0 radical (unpaired) electrons. The van der Waals surface area contributed by atoms with E-state index in [9.17, 15) is 4.39 Å². The largest absolute Gasteiger partial charge is 0.207 e. The topological polar surface area (TPSA) is 30.7 Å². The minimum absolute atomic E-state index is 0.254. The molecule has 0 atom stereocenters. The molecule has 1 heterocycles. The van der Waals surface area contributed by atoms with E-state index in [0.717, 1.165) is 16.8 Å². The van der Waals surface area contributed by atoms with Crippen molar-refractivity contribution in [3.8, 4) is 11.3 Å². The second-order valence-corrected chi connectivity index (χ2v) is 5.95. The number of benzene rings is 2. The highest BCUT2D eigenvalue weighted by molar-refractivity contribution is 5.57. The number of halogens is 1. The van der Waals surface area contributed by atoms with Crippen molar-refractivity contribution in [2.45, 2.75) is 26.3 Å². The van der Waals surface area contributed by atoms with Crippen LogP contribution in [0.5, 0.6) is 0 Å². The standard InChI is InChI=1S/C18H18FN3/c1-13-4-8-15(9-5-13)18(2,3)22-20-12-17(21-22)14-6-10-16(19)11-7-14/h4-12H,1-3H3. The van der Waals surface area contributed by atoms with Crippen LogP contribution in [-0.4, -0.2) is 15.0 Å². The first-order valence-electron chi connectivity index (χ1n) is 7.23. The number of hydrogen-bond donors (Lipinski definition) is 0. The maximum Gasteiger partial charge on any atom is 0.123 e. The zero-order valence-electron chi connectivity index (χ0n) is 12.9. The van der Waals surface area contributed by atoms with E-state index in [2.05, 4.69) is 55.2 Å². The predicted molar refractivity (Wildman–Crippen MR) is 85.0 cm³/mol. The van der Waals surface area contributed by atoms with Gasteiger partial charge in [0.15, 0.2) is 0 Å². The Hall–Kier alpha value is -2.49. The van der Waals surface area contributed by atoms with Crippen LogP contribution in [0.1, 0.15) is 25.0 Å². The minimum Gasteiger partial charge on any atom is -0.207 e. The Labute approximate surface area is 129 Å². The second-order valence-electron chi connectivity index (χ2n) is 5.95. The van der Waals surface area contributed by atoms with Gasteiger partial charge in [0.2, 0.25) is 0 Å². The molecule has 0 fully saturated rings. The molecule has 4 heteroatoms. The molecule has 0 aliphatic heterocycles. The third-order valence-electron chi connectivity index (χ3n) is 3.89. The molecule has 22 heavy (non-hydrogen) atoms. The van der Waals surface area contributed by atoms with Crippen molar-refractivity contribution in [2.75, 3.05) is 0 Å². The first kappa shape index (κ1) is 14.4. The number of rotatable bonds is 3. The fraction of sp³-hybridized carbons (Fsp3) is 0.222. The van der Waals surface area contributed by atoms with E-state index in [0.29, 0.717) is 0 Å². The third-order valence-corrected chi connectivity index (χ3v) is 3.89. The summed E-state index contributed by atoms with van der Waals surface area (Å²) in [7, 11) is 0. The van der Waals surface area contributed by atoms with Gasteiger partial charge in [0.25, 0.3) is 0 Å². The maximum atomic E-state index is 13.0. The highest BCUT2D eigenvalue weighted by Gasteiger charge is 2.25. The molecular weight excluding hydrogens is 277 g/mol. The van der Waals surface area contributed by atoms with Gasteiger partial charge in [-0.1, -0.05) is 29.8 Å². The monoisotopic (exact) mass is 295 g/mol. The van der Waals surface area contributed by atoms with Crippen LogP contribution in [0.4, 0.5) is 4.39 Å². The summed E-state index contributed by atoms with van der Waals surface area (Å²) in [6.45, 7) is 6.22. The van der Waals surface area contributed by atoms with Crippen LogP contribution in [0.2, 0.25) is 0 Å². The van der Waals surface area contributed by atoms with Crippen LogP contribution in [-0.2, 0) is 5.54 Å². The fourth-order valence-corrected chi connectivity index (χ4v) is 2.36. The molecule has 0 saturated carbocycles. The molecule has 1 aromatic heterocycles. The molecule has 3 aromatic rings. The Morgan fingerprint density at radius 3 is 2.23 bits per heavy atom. The van der Waals surface area contributed by atoms with Crippen LogP contribution in [0, 0.1) is 12.7 Å². The number of nitrogens with zero attached hydrogens (tertiary/aromatic N) is 3. The summed E-state index contributed by atoms with van der Waals surface area (Å²) in [5.74, 6) is -0.254. The van der Waals surface area contributed by atoms with Gasteiger partial charge in [0.05, 0.1) is 6.20 Å². The van der Waals surface area contributed by atoms with Crippen molar-refractivity contribution in [2.24, 2.45) is 0 Å². The Morgan fingerprint density at radius 1 is 0.955 bits per heavy atom. The lowest BCUT2D eigenvalue weighted by atomic mass is 9.94. The molecule has 0 spiro atoms. The number of aryl methyl sites for hydroxylation is 1. The first-order valence-corrected chi connectivity index (χ1v) is 7.23. The van der Waals surface area contributed by atoms with Gasteiger partial charge in [-0.25, -0.2) is 4.39 Å². The molecule has 2 aromatic carbocycles. The zero-order valence-corrected chi connectivity index (χ0v) is 12.9. The molecule has 3 rings (SSSR count). The van der Waals surface area contributed by atoms with E-state index in [4.69, 9.17) is 0 Å². The van der Waals surface area contributed by atoms with Gasteiger partial charge < -0.3 is 0 Å². The van der Waals surface area contributed by atoms with Crippen molar-refractivity contribution < 1.29 is 4.39 Å². The van der Waals surface area contributed by atoms with Gasteiger partial charge in [-0.05, 0) is 50.6 Å². The number of hydrogen-bond acceptors (Lipinski definition) is 2. The average Bonchev–Trinajstić information content (AvgIpc) is 2.99. The van der Waals surface area contributed by atoms with Gasteiger partial charge in [-0.3, -0.25) is 0 Å². The van der Waals surface area contributed by atoms with Crippen LogP contribution in [0.15, 0.2) is 54.7 Å². The zero-order chi connectivity index (χ0) is 15.7. The number of aromatic nitrogens is 3. The SMILES string of the molecule is Cc1ccc(C(C)(C)n2ncc(-c3ccc(F)cc3)n2)cc1. The van der Waals surface area contributed by atoms with Crippen molar-refractivity contribution >= 4 is 0 Å². The minimum atomic E-state index is -0.355. The van der Waals surface area contributed by atoms with E-state index in [1.54, 1.807) is 23.1 Å². The smallest absolute Gasteiger partial charge is 0.123 e. The van der Waals surface area contributed by atoms with E-state index < -0.39 is 0 Å². The molecular formula is C18H18FN3. The molecule has 3 nitrogen and oxygen atoms in total. The Kier molecular flexibility index (Phi) is 3.53. The fourth-order valence-electron chi connectivity index (χ4n) is 2.36. The molecule has 0 amide bonds. The van der Waals surface area contributed by atoms with Crippen LogP contribution >= 0.6 is 0 Å². The summed E-state index contributed by atoms with van der Waals surface area (Å²) in [4.78, 5) is 1.70. The summed E-state index contributed by atoms with van der Waals surface area (Å²) in [6, 6.07) is 14.6. The Bertz CT molecular complexity index is 771. The molecule has 0 saturated heterocycles. The summed E-state index contributed by atoms with van der Waals surface area (Å²) in [5.41, 5.74) is 3.60. The predicted octanol–water partition coefficient (Wildman–Crippen LogP) is 4.18. The molecule has 112 valence electrons. The van der Waals surface area contributed by atoms with Crippen molar-refractivity contribution in [1.29, 1.82) is 0 Å². The summed E-state index contributed by atoms with van der Waals surface area (Å²) in [5, 5.41) is 8.96. The quantitative estimate of drug-likeness (QED) is 0.726. The van der Waals surface area contributed by atoms with E-state index in [-0.39, 0.29) is 11.4 Å². The van der Waals surface area contributed by atoms with E-state index in [1.165, 1.54) is 17.7 Å². The second kappa shape index (κ2) is 5.37. The molecule has 0 aliphatic rings. The normalized spacial score (nSPS) is 11.6. The third kappa shape index (κ3) is 2.64. The highest BCUT2D eigenvalue weighted by atomic mass is 19.1. The van der Waals surface area contributed by atoms with Crippen LogP contribution in [0.25, 0.3) is 11.3 Å². The van der Waals surface area contributed by atoms with Crippen LogP contribution in [0.3, 0.4) is 0 Å². The molecule has 0 aliphatic carbocycles. The highest BCUT2D eigenvalue weighted by Crippen LogP contribution is 2.26. The summed E-state index contributed by atoms with van der Waals surface area (Å²) in [6.07, 6.45) is 1.71. The lowest BCUT2D eigenvalue weighted by molar-refractivity contribution is 0.344. The molecule has 0 bridgehead atoms.